The molecule has 1 aliphatic heterocycles. The van der Waals surface area contributed by atoms with E-state index in [0.29, 0.717) is 6.54 Å². The van der Waals surface area contributed by atoms with Gasteiger partial charge in [0.15, 0.2) is 5.96 Å². The number of nitrogens with zero attached hydrogens (tertiary/aromatic N) is 3. The van der Waals surface area contributed by atoms with Gasteiger partial charge in [0, 0.05) is 34.2 Å². The smallest absolute Gasteiger partial charge is 0.230 e. The molecule has 1 saturated heterocycles. The summed E-state index contributed by atoms with van der Waals surface area (Å²) in [6, 6.07) is 8.65. The van der Waals surface area contributed by atoms with Crippen LogP contribution in [0.25, 0.3) is 0 Å². The first-order valence-electron chi connectivity index (χ1n) is 11.5. The van der Waals surface area contributed by atoms with Crippen LogP contribution in [0.5, 0.6) is 5.75 Å². The van der Waals surface area contributed by atoms with E-state index in [0.717, 1.165) is 57.0 Å². The summed E-state index contributed by atoms with van der Waals surface area (Å²) in [5, 5.41) is 6.98. The highest BCUT2D eigenvalue weighted by atomic mass is 16.5. The van der Waals surface area contributed by atoms with Crippen LogP contribution in [0.4, 0.5) is 0 Å². The van der Waals surface area contributed by atoms with E-state index in [2.05, 4.69) is 32.7 Å². The molecule has 2 N–H and O–H groups in total. The molecular weight excluding hydrogens is 390 g/mol. The molecule has 7 heteroatoms. The molecule has 7 nitrogen and oxygen atoms in total. The van der Waals surface area contributed by atoms with Crippen LogP contribution < -0.4 is 15.4 Å². The minimum Gasteiger partial charge on any atom is -0.497 e. The highest BCUT2D eigenvalue weighted by molar-refractivity contribution is 5.85. The number of ether oxygens (including phenoxy) is 1. The largest absolute Gasteiger partial charge is 0.497 e. The molecule has 2 fully saturated rings. The summed E-state index contributed by atoms with van der Waals surface area (Å²) in [5.41, 5.74) is 0.964. The van der Waals surface area contributed by atoms with Gasteiger partial charge in [-0.1, -0.05) is 25.0 Å². The minimum atomic E-state index is -0.314. The molecule has 31 heavy (non-hydrogen) atoms. The van der Waals surface area contributed by atoms with E-state index in [1.165, 1.54) is 18.4 Å². The molecule has 172 valence electrons. The first-order chi connectivity index (χ1) is 15.0. The van der Waals surface area contributed by atoms with Gasteiger partial charge < -0.3 is 20.3 Å². The van der Waals surface area contributed by atoms with Crippen LogP contribution in [0.3, 0.4) is 0 Å². The Bertz CT molecular complexity index is 735. The maximum Gasteiger partial charge on any atom is 0.230 e. The molecule has 1 aromatic carbocycles. The van der Waals surface area contributed by atoms with E-state index in [-0.39, 0.29) is 17.4 Å². The zero-order valence-electron chi connectivity index (χ0n) is 19.6. The third kappa shape index (κ3) is 5.70. The fourth-order valence-corrected chi connectivity index (χ4v) is 5.00. The number of guanidine groups is 1. The SMILES string of the molecule is CN=C(NCC(c1ccc(OC)cc1)N1CCCC1)NCC1(C(=O)N(C)C)CCCC1. The monoisotopic (exact) mass is 429 g/mol. The Kier molecular flexibility index (Phi) is 8.18. The molecule has 1 saturated carbocycles. The van der Waals surface area contributed by atoms with Crippen molar-refractivity contribution in [2.45, 2.75) is 44.6 Å². The van der Waals surface area contributed by atoms with Crippen LogP contribution in [-0.4, -0.2) is 76.1 Å². The summed E-state index contributed by atoms with van der Waals surface area (Å²) in [6.45, 7) is 3.62. The van der Waals surface area contributed by atoms with Gasteiger partial charge in [-0.05, 0) is 56.5 Å². The second-order valence-corrected chi connectivity index (χ2v) is 9.03. The summed E-state index contributed by atoms with van der Waals surface area (Å²) in [4.78, 5) is 21.6. The van der Waals surface area contributed by atoms with E-state index in [1.807, 2.05) is 26.2 Å². The average Bonchev–Trinajstić information content (AvgIpc) is 3.49. The molecule has 0 spiro atoms. The molecule has 0 bridgehead atoms. The number of benzene rings is 1. The van der Waals surface area contributed by atoms with E-state index >= 15 is 0 Å². The van der Waals surface area contributed by atoms with Gasteiger partial charge in [0.25, 0.3) is 0 Å². The van der Waals surface area contributed by atoms with Gasteiger partial charge in [-0.15, -0.1) is 0 Å². The average molecular weight is 430 g/mol. The Labute approximate surface area is 187 Å². The molecule has 1 amide bonds. The fourth-order valence-electron chi connectivity index (χ4n) is 5.00. The van der Waals surface area contributed by atoms with Crippen molar-refractivity contribution in [2.75, 3.05) is 54.4 Å². The summed E-state index contributed by atoms with van der Waals surface area (Å²) in [7, 11) is 7.20. The van der Waals surface area contributed by atoms with E-state index in [9.17, 15) is 4.79 Å². The van der Waals surface area contributed by atoms with Gasteiger partial charge in [-0.3, -0.25) is 14.7 Å². The van der Waals surface area contributed by atoms with Crippen LogP contribution >= 0.6 is 0 Å². The molecule has 1 heterocycles. The number of carbonyl (C=O) groups is 1. The van der Waals surface area contributed by atoms with Gasteiger partial charge in [0.1, 0.15) is 5.75 Å². The predicted octanol–water partition coefficient (Wildman–Crippen LogP) is 2.65. The predicted molar refractivity (Wildman–Crippen MR) is 126 cm³/mol. The van der Waals surface area contributed by atoms with Gasteiger partial charge in [-0.25, -0.2) is 0 Å². The lowest BCUT2D eigenvalue weighted by Crippen LogP contribution is -2.50. The number of likely N-dealkylation sites (tertiary alicyclic amines) is 1. The summed E-state index contributed by atoms with van der Waals surface area (Å²) in [6.07, 6.45) is 6.60. The first kappa shape index (κ1) is 23.4. The van der Waals surface area contributed by atoms with E-state index in [1.54, 1.807) is 19.1 Å². The van der Waals surface area contributed by atoms with Crippen LogP contribution in [0, 0.1) is 5.41 Å². The van der Waals surface area contributed by atoms with E-state index in [4.69, 9.17) is 4.74 Å². The number of nitrogens with one attached hydrogen (secondary N) is 2. The zero-order chi connectivity index (χ0) is 22.3. The van der Waals surface area contributed by atoms with Crippen molar-refractivity contribution in [3.05, 3.63) is 29.8 Å². The Morgan fingerprint density at radius 1 is 1.13 bits per heavy atom. The van der Waals surface area contributed by atoms with Crippen molar-refractivity contribution in [1.29, 1.82) is 0 Å². The molecule has 0 radical (unpaired) electrons. The molecule has 1 aromatic rings. The van der Waals surface area contributed by atoms with Gasteiger partial charge in [0.2, 0.25) is 5.91 Å². The fraction of sp³-hybridized carbons (Fsp3) is 0.667. The van der Waals surface area contributed by atoms with Crippen molar-refractivity contribution in [3.8, 4) is 5.75 Å². The standard InChI is InChI=1S/C24H39N5O2/c1-25-23(27-18-24(13-5-6-14-24)22(30)28(2)3)26-17-21(29-15-7-8-16-29)19-9-11-20(31-4)12-10-19/h9-12,21H,5-8,13-18H2,1-4H3,(H2,25,26,27). The first-order valence-corrected chi connectivity index (χ1v) is 11.5. The minimum absolute atomic E-state index is 0.223. The Balaban J connectivity index is 1.64. The molecule has 3 rings (SSSR count). The molecule has 0 aromatic heterocycles. The Morgan fingerprint density at radius 2 is 1.77 bits per heavy atom. The van der Waals surface area contributed by atoms with Crippen molar-refractivity contribution < 1.29 is 9.53 Å². The van der Waals surface area contributed by atoms with Crippen molar-refractivity contribution in [3.63, 3.8) is 0 Å². The number of rotatable bonds is 8. The second-order valence-electron chi connectivity index (χ2n) is 9.03. The third-order valence-corrected chi connectivity index (χ3v) is 6.78. The third-order valence-electron chi connectivity index (χ3n) is 6.78. The van der Waals surface area contributed by atoms with Crippen LogP contribution in [0.15, 0.2) is 29.3 Å². The topological polar surface area (TPSA) is 69.2 Å². The normalized spacial score (nSPS) is 19.8. The quantitative estimate of drug-likeness (QED) is 0.491. The summed E-state index contributed by atoms with van der Waals surface area (Å²) >= 11 is 0. The van der Waals surface area contributed by atoms with Gasteiger partial charge in [-0.2, -0.15) is 0 Å². The number of hydrogen-bond acceptors (Lipinski definition) is 4. The van der Waals surface area contributed by atoms with Gasteiger partial charge >= 0.3 is 0 Å². The van der Waals surface area contributed by atoms with Crippen molar-refractivity contribution in [2.24, 2.45) is 10.4 Å². The molecular formula is C24H39N5O2. The summed E-state index contributed by atoms with van der Waals surface area (Å²) in [5.74, 6) is 1.86. The molecule has 2 aliphatic rings. The number of amides is 1. The highest BCUT2D eigenvalue weighted by Crippen LogP contribution is 2.39. The number of methoxy groups -OCH3 is 1. The second kappa shape index (κ2) is 10.8. The number of carbonyl (C=O) groups excluding carboxylic acids is 1. The Hall–Kier alpha value is -2.28. The number of aliphatic imine (C=N–C) groups is 1. The highest BCUT2D eigenvalue weighted by Gasteiger charge is 2.42. The number of hydrogen-bond donors (Lipinski definition) is 2. The lowest BCUT2D eigenvalue weighted by Gasteiger charge is -2.32. The lowest BCUT2D eigenvalue weighted by atomic mass is 9.84. The molecule has 1 unspecified atom stereocenters. The van der Waals surface area contributed by atoms with E-state index < -0.39 is 0 Å². The van der Waals surface area contributed by atoms with Crippen LogP contribution in [-0.2, 0) is 4.79 Å². The molecule has 1 atom stereocenters. The lowest BCUT2D eigenvalue weighted by molar-refractivity contribution is -0.138. The summed E-state index contributed by atoms with van der Waals surface area (Å²) < 4.78 is 5.33. The maximum absolute atomic E-state index is 12.9. The van der Waals surface area contributed by atoms with Crippen molar-refractivity contribution in [1.82, 2.24) is 20.4 Å². The zero-order valence-corrected chi connectivity index (χ0v) is 19.6. The Morgan fingerprint density at radius 3 is 2.32 bits per heavy atom. The van der Waals surface area contributed by atoms with Crippen molar-refractivity contribution >= 4 is 11.9 Å². The maximum atomic E-state index is 12.9. The molecule has 1 aliphatic carbocycles. The van der Waals surface area contributed by atoms with Crippen LogP contribution in [0.2, 0.25) is 0 Å². The van der Waals surface area contributed by atoms with Gasteiger partial charge in [0.05, 0.1) is 18.6 Å². The van der Waals surface area contributed by atoms with Crippen LogP contribution in [0.1, 0.15) is 50.1 Å².